The van der Waals surface area contributed by atoms with Crippen LogP contribution in [-0.4, -0.2) is 75.9 Å². The number of halogens is 1. The molecule has 2 aliphatic heterocycles. The fourth-order valence-corrected chi connectivity index (χ4v) is 6.72. The minimum absolute atomic E-state index is 0.00377. The Balaban J connectivity index is 1.24. The molecule has 0 aliphatic carbocycles. The van der Waals surface area contributed by atoms with Gasteiger partial charge >= 0.3 is 0 Å². The number of anilines is 1. The lowest BCUT2D eigenvalue weighted by Crippen LogP contribution is -2.51. The van der Waals surface area contributed by atoms with E-state index in [0.29, 0.717) is 36.2 Å². The van der Waals surface area contributed by atoms with Gasteiger partial charge in [-0.15, -0.1) is 0 Å². The molecular weight excluding hydrogens is 488 g/mol. The molecule has 2 aromatic rings. The Hall–Kier alpha value is -2.36. The molecule has 10 heteroatoms. The van der Waals surface area contributed by atoms with Gasteiger partial charge in [-0.25, -0.2) is 17.7 Å². The maximum Gasteiger partial charge on any atom is 0.256 e. The number of amides is 1. The number of aromatic nitrogens is 1. The molecule has 0 unspecified atom stereocenters. The van der Waals surface area contributed by atoms with Crippen molar-refractivity contribution in [2.75, 3.05) is 52.3 Å². The second-order valence-electron chi connectivity index (χ2n) is 9.66. The molecule has 0 atom stereocenters. The standard InChI is InChI=1S/C25H33ClN4O4S/c1-28(2)25(31)22-7-8-23(27-24(22)26)29-11-9-18(10-12-29)13-20-15-30(16-20)35(32,33)17-19-5-4-6-21(14-19)34-3/h4-8,14,18,20H,9-13,15-17H2,1-3H3. The first-order valence-electron chi connectivity index (χ1n) is 11.9. The zero-order valence-electron chi connectivity index (χ0n) is 20.5. The first-order valence-corrected chi connectivity index (χ1v) is 13.9. The second kappa shape index (κ2) is 10.7. The molecule has 1 amide bonds. The molecule has 2 fully saturated rings. The normalized spacial score (nSPS) is 17.8. The molecule has 3 heterocycles. The highest BCUT2D eigenvalue weighted by Crippen LogP contribution is 2.33. The van der Waals surface area contributed by atoms with E-state index in [1.807, 2.05) is 24.3 Å². The van der Waals surface area contributed by atoms with Gasteiger partial charge in [0.15, 0.2) is 0 Å². The lowest BCUT2D eigenvalue weighted by molar-refractivity contribution is 0.0827. The average molecular weight is 521 g/mol. The number of hydrogen-bond acceptors (Lipinski definition) is 6. The van der Waals surface area contributed by atoms with E-state index in [4.69, 9.17) is 16.3 Å². The first-order chi connectivity index (χ1) is 16.7. The molecule has 0 radical (unpaired) electrons. The van der Waals surface area contributed by atoms with E-state index in [1.54, 1.807) is 37.6 Å². The van der Waals surface area contributed by atoms with E-state index in [9.17, 15) is 13.2 Å². The number of carbonyl (C=O) groups is 1. The lowest BCUT2D eigenvalue weighted by Gasteiger charge is -2.41. The van der Waals surface area contributed by atoms with Crippen LogP contribution in [0.3, 0.4) is 0 Å². The summed E-state index contributed by atoms with van der Waals surface area (Å²) in [6, 6.07) is 10.8. The van der Waals surface area contributed by atoms with Gasteiger partial charge in [0.05, 0.1) is 18.4 Å². The van der Waals surface area contributed by atoms with Crippen molar-refractivity contribution in [3.63, 3.8) is 0 Å². The Morgan fingerprint density at radius 3 is 2.49 bits per heavy atom. The van der Waals surface area contributed by atoms with Crippen LogP contribution in [0.1, 0.15) is 35.2 Å². The Bertz CT molecular complexity index is 1160. The summed E-state index contributed by atoms with van der Waals surface area (Å²) in [5.74, 6) is 2.29. The number of sulfonamides is 1. The van der Waals surface area contributed by atoms with Crippen LogP contribution < -0.4 is 9.64 Å². The predicted molar refractivity (Wildman–Crippen MR) is 137 cm³/mol. The lowest BCUT2D eigenvalue weighted by atomic mass is 9.84. The number of hydrogen-bond donors (Lipinski definition) is 0. The Kier molecular flexibility index (Phi) is 7.88. The van der Waals surface area contributed by atoms with Gasteiger partial charge in [-0.1, -0.05) is 23.7 Å². The summed E-state index contributed by atoms with van der Waals surface area (Å²) in [4.78, 5) is 20.3. The van der Waals surface area contributed by atoms with E-state index >= 15 is 0 Å². The summed E-state index contributed by atoms with van der Waals surface area (Å²) in [5.41, 5.74) is 1.15. The summed E-state index contributed by atoms with van der Waals surface area (Å²) in [5, 5.41) is 0.230. The summed E-state index contributed by atoms with van der Waals surface area (Å²) in [6.07, 6.45) is 3.11. The molecule has 190 valence electrons. The highest BCUT2D eigenvalue weighted by Gasteiger charge is 2.37. The maximum absolute atomic E-state index is 12.8. The number of pyridine rings is 1. The molecule has 1 aromatic heterocycles. The van der Waals surface area contributed by atoms with Crippen molar-refractivity contribution in [3.8, 4) is 5.75 Å². The van der Waals surface area contributed by atoms with Crippen LogP contribution in [0.4, 0.5) is 5.82 Å². The molecule has 0 spiro atoms. The number of nitrogens with zero attached hydrogens (tertiary/aromatic N) is 4. The molecule has 0 bridgehead atoms. The molecular formula is C25H33ClN4O4S. The largest absolute Gasteiger partial charge is 0.497 e. The van der Waals surface area contributed by atoms with Crippen LogP contribution in [0.15, 0.2) is 36.4 Å². The van der Waals surface area contributed by atoms with Crippen molar-refractivity contribution in [2.24, 2.45) is 11.8 Å². The summed E-state index contributed by atoms with van der Waals surface area (Å²) in [6.45, 7) is 2.95. The Labute approximate surface area is 212 Å². The van der Waals surface area contributed by atoms with E-state index < -0.39 is 10.0 Å². The number of benzene rings is 1. The van der Waals surface area contributed by atoms with Crippen LogP contribution in [0.5, 0.6) is 5.75 Å². The molecule has 0 saturated carbocycles. The molecule has 8 nitrogen and oxygen atoms in total. The van der Waals surface area contributed by atoms with E-state index in [0.717, 1.165) is 43.7 Å². The van der Waals surface area contributed by atoms with Crippen LogP contribution in [0.2, 0.25) is 5.15 Å². The van der Waals surface area contributed by atoms with Gasteiger partial charge in [0, 0.05) is 40.3 Å². The molecule has 35 heavy (non-hydrogen) atoms. The summed E-state index contributed by atoms with van der Waals surface area (Å²) in [7, 11) is 1.64. The molecule has 1 aromatic carbocycles. The number of piperidine rings is 1. The van der Waals surface area contributed by atoms with Crippen molar-refractivity contribution in [3.05, 3.63) is 52.7 Å². The van der Waals surface area contributed by atoms with Gasteiger partial charge in [-0.05, 0) is 60.9 Å². The highest BCUT2D eigenvalue weighted by molar-refractivity contribution is 7.88. The SMILES string of the molecule is COc1cccc(CS(=O)(=O)N2CC(CC3CCN(c4ccc(C(=O)N(C)C)c(Cl)n4)CC3)C2)c1. The third-order valence-corrected chi connectivity index (χ3v) is 8.95. The number of rotatable bonds is 8. The monoisotopic (exact) mass is 520 g/mol. The van der Waals surface area contributed by atoms with E-state index in [2.05, 4.69) is 9.88 Å². The van der Waals surface area contributed by atoms with Crippen molar-refractivity contribution < 1.29 is 17.9 Å². The van der Waals surface area contributed by atoms with Gasteiger partial charge in [0.25, 0.3) is 5.91 Å². The van der Waals surface area contributed by atoms with Crippen LogP contribution >= 0.6 is 11.6 Å². The zero-order chi connectivity index (χ0) is 25.2. The van der Waals surface area contributed by atoms with E-state index in [1.165, 1.54) is 4.90 Å². The van der Waals surface area contributed by atoms with Crippen LogP contribution in [0.25, 0.3) is 0 Å². The topological polar surface area (TPSA) is 83.1 Å². The fraction of sp³-hybridized carbons (Fsp3) is 0.520. The molecule has 2 saturated heterocycles. The molecule has 2 aliphatic rings. The van der Waals surface area contributed by atoms with Gasteiger partial charge in [0.2, 0.25) is 10.0 Å². The number of ether oxygens (including phenoxy) is 1. The van der Waals surface area contributed by atoms with Gasteiger partial charge < -0.3 is 14.5 Å². The zero-order valence-corrected chi connectivity index (χ0v) is 22.1. The minimum atomic E-state index is -3.32. The fourth-order valence-electron chi connectivity index (χ4n) is 4.83. The van der Waals surface area contributed by atoms with Crippen molar-refractivity contribution in [1.29, 1.82) is 0 Å². The van der Waals surface area contributed by atoms with Gasteiger partial charge in [-0.3, -0.25) is 4.79 Å². The van der Waals surface area contributed by atoms with Crippen molar-refractivity contribution in [1.82, 2.24) is 14.2 Å². The Morgan fingerprint density at radius 2 is 1.86 bits per heavy atom. The van der Waals surface area contributed by atoms with E-state index in [-0.39, 0.29) is 16.8 Å². The van der Waals surface area contributed by atoms with Crippen LogP contribution in [-0.2, 0) is 15.8 Å². The van der Waals surface area contributed by atoms with Gasteiger partial charge in [-0.2, -0.15) is 0 Å². The second-order valence-corrected chi connectivity index (χ2v) is 12.0. The summed E-state index contributed by atoms with van der Waals surface area (Å²) >= 11 is 6.28. The third kappa shape index (κ3) is 6.08. The minimum Gasteiger partial charge on any atom is -0.497 e. The molecule has 4 rings (SSSR count). The third-order valence-electron chi connectivity index (χ3n) is 6.88. The van der Waals surface area contributed by atoms with Gasteiger partial charge in [0.1, 0.15) is 16.7 Å². The Morgan fingerprint density at radius 1 is 1.14 bits per heavy atom. The van der Waals surface area contributed by atoms with Crippen molar-refractivity contribution >= 4 is 33.3 Å². The smallest absolute Gasteiger partial charge is 0.256 e. The first kappa shape index (κ1) is 25.7. The highest BCUT2D eigenvalue weighted by atomic mass is 35.5. The number of methoxy groups -OCH3 is 1. The number of carbonyl (C=O) groups excluding carboxylic acids is 1. The summed E-state index contributed by atoms with van der Waals surface area (Å²) < 4.78 is 32.4. The predicted octanol–water partition coefficient (Wildman–Crippen LogP) is 3.51. The maximum atomic E-state index is 12.8. The average Bonchev–Trinajstić information content (AvgIpc) is 2.80. The van der Waals surface area contributed by atoms with Crippen LogP contribution in [0, 0.1) is 11.8 Å². The molecule has 0 N–H and O–H groups in total. The van der Waals surface area contributed by atoms with Crippen molar-refractivity contribution in [2.45, 2.75) is 25.0 Å². The quantitative estimate of drug-likeness (QED) is 0.495.